The molecule has 0 unspecified atom stereocenters. The third-order valence-electron chi connectivity index (χ3n) is 6.36. The zero-order valence-corrected chi connectivity index (χ0v) is 23.0. The number of hydrogen-bond acceptors (Lipinski definition) is 9. The summed E-state index contributed by atoms with van der Waals surface area (Å²) in [5, 5.41) is 6.52. The number of halogens is 2. The van der Waals surface area contributed by atoms with Gasteiger partial charge in [0.25, 0.3) is 0 Å². The van der Waals surface area contributed by atoms with E-state index in [0.29, 0.717) is 53.6 Å². The Bertz CT molecular complexity index is 1370. The number of anilines is 3. The Labute approximate surface area is 237 Å². The van der Waals surface area contributed by atoms with E-state index in [0.717, 1.165) is 39.1 Å². The van der Waals surface area contributed by atoms with Gasteiger partial charge in [-0.15, -0.1) is 0 Å². The first-order chi connectivity index (χ1) is 19.4. The molecule has 40 heavy (non-hydrogen) atoms. The zero-order chi connectivity index (χ0) is 28.5. The number of carbonyl (C=O) groups excluding carboxylic acids is 2. The van der Waals surface area contributed by atoms with Gasteiger partial charge in [0.1, 0.15) is 23.7 Å². The molecule has 2 aromatic carbocycles. The Morgan fingerprint density at radius 1 is 1.15 bits per heavy atom. The first kappa shape index (κ1) is 29.2. The molecule has 0 atom stereocenters. The molecule has 1 saturated heterocycles. The summed E-state index contributed by atoms with van der Waals surface area (Å²) in [6, 6.07) is 7.74. The first-order valence-electron chi connectivity index (χ1n) is 13.0. The fourth-order valence-electron chi connectivity index (χ4n) is 4.33. The van der Waals surface area contributed by atoms with Gasteiger partial charge in [-0.3, -0.25) is 14.5 Å². The molecule has 0 aliphatic carbocycles. The minimum absolute atomic E-state index is 0.0171. The number of aromatic nitrogens is 2. The fourth-order valence-corrected chi connectivity index (χ4v) is 4.51. The van der Waals surface area contributed by atoms with E-state index in [1.807, 2.05) is 0 Å². The smallest absolute Gasteiger partial charge is 0.320 e. The molecule has 2 heterocycles. The number of nitrogens with zero attached hydrogens (tertiary/aromatic N) is 4. The Morgan fingerprint density at radius 2 is 1.93 bits per heavy atom. The molecule has 212 valence electrons. The van der Waals surface area contributed by atoms with Gasteiger partial charge in [-0.1, -0.05) is 18.2 Å². The summed E-state index contributed by atoms with van der Waals surface area (Å²) in [6.07, 6.45) is 3.35. The third kappa shape index (κ3) is 7.87. The van der Waals surface area contributed by atoms with Gasteiger partial charge in [-0.25, -0.2) is 14.4 Å². The molecular formula is C28H32ClFN6O4. The summed E-state index contributed by atoms with van der Waals surface area (Å²) in [7, 11) is 0. The molecule has 2 N–H and O–H groups in total. The van der Waals surface area contributed by atoms with Crippen molar-refractivity contribution >= 4 is 51.6 Å². The number of amides is 1. The Morgan fingerprint density at radius 3 is 2.65 bits per heavy atom. The van der Waals surface area contributed by atoms with E-state index >= 15 is 0 Å². The van der Waals surface area contributed by atoms with Crippen LogP contribution in [0, 0.1) is 5.82 Å². The molecule has 12 heteroatoms. The molecule has 4 rings (SSSR count). The minimum Gasteiger partial charge on any atom is -0.491 e. The standard InChI is InChI=1S/C28H32ClFN6O4/c1-3-26(37)34-24-15-20-23(31-18-32-28(20)33-19-6-7-22(30)21(29)14-19)16-25(24)40-13-5-8-35-9-11-36(12-10-35)17-27(38)39-4-2/h3,6-7,14-16,18H,1,4-5,8-13,17H2,2H3,(H,34,37)(H,31,32,33). The van der Waals surface area contributed by atoms with Crippen LogP contribution in [-0.4, -0.2) is 84.1 Å². The highest BCUT2D eigenvalue weighted by atomic mass is 35.5. The summed E-state index contributed by atoms with van der Waals surface area (Å²) in [5.41, 5.74) is 1.58. The lowest BCUT2D eigenvalue weighted by molar-refractivity contribution is -0.144. The van der Waals surface area contributed by atoms with Crippen molar-refractivity contribution < 1.29 is 23.5 Å². The van der Waals surface area contributed by atoms with E-state index in [2.05, 4.69) is 37.0 Å². The Kier molecular flexibility index (Phi) is 10.2. The van der Waals surface area contributed by atoms with Gasteiger partial charge < -0.3 is 25.0 Å². The van der Waals surface area contributed by atoms with Crippen LogP contribution >= 0.6 is 11.6 Å². The first-order valence-corrected chi connectivity index (χ1v) is 13.4. The van der Waals surface area contributed by atoms with Gasteiger partial charge in [-0.2, -0.15) is 0 Å². The zero-order valence-electron chi connectivity index (χ0n) is 22.3. The van der Waals surface area contributed by atoms with Crippen LogP contribution in [0.1, 0.15) is 13.3 Å². The highest BCUT2D eigenvalue weighted by molar-refractivity contribution is 6.31. The number of piperazine rings is 1. The summed E-state index contributed by atoms with van der Waals surface area (Å²) in [6.45, 7) is 10.7. The van der Waals surface area contributed by atoms with E-state index in [1.54, 1.807) is 25.1 Å². The molecule has 0 spiro atoms. The number of fused-ring (bicyclic) bond motifs is 1. The van der Waals surface area contributed by atoms with Crippen molar-refractivity contribution in [3.05, 3.63) is 60.2 Å². The van der Waals surface area contributed by atoms with E-state index in [-0.39, 0.29) is 16.9 Å². The average Bonchev–Trinajstić information content (AvgIpc) is 2.94. The summed E-state index contributed by atoms with van der Waals surface area (Å²) < 4.78 is 24.7. The lowest BCUT2D eigenvalue weighted by atomic mass is 10.1. The maximum atomic E-state index is 13.6. The van der Waals surface area contributed by atoms with Gasteiger partial charge in [0.2, 0.25) is 5.91 Å². The maximum Gasteiger partial charge on any atom is 0.320 e. The van der Waals surface area contributed by atoms with E-state index in [9.17, 15) is 14.0 Å². The van der Waals surface area contributed by atoms with Crippen molar-refractivity contribution in [3.8, 4) is 5.75 Å². The molecule has 1 amide bonds. The van der Waals surface area contributed by atoms with Gasteiger partial charge in [0, 0.05) is 49.9 Å². The van der Waals surface area contributed by atoms with E-state index in [1.165, 1.54) is 24.5 Å². The molecular weight excluding hydrogens is 539 g/mol. The minimum atomic E-state index is -0.521. The summed E-state index contributed by atoms with van der Waals surface area (Å²) >= 11 is 5.92. The fraction of sp³-hybridized carbons (Fsp3) is 0.357. The van der Waals surface area contributed by atoms with Gasteiger partial charge in [0.15, 0.2) is 0 Å². The lowest BCUT2D eigenvalue weighted by Crippen LogP contribution is -2.48. The topological polar surface area (TPSA) is 109 Å². The Balaban J connectivity index is 1.40. The number of rotatable bonds is 12. The monoisotopic (exact) mass is 570 g/mol. The molecule has 1 aliphatic rings. The van der Waals surface area contributed by atoms with Crippen LogP contribution in [0.4, 0.5) is 21.6 Å². The highest BCUT2D eigenvalue weighted by Gasteiger charge is 2.19. The molecule has 10 nitrogen and oxygen atoms in total. The van der Waals surface area contributed by atoms with Crippen LogP contribution in [0.15, 0.2) is 49.3 Å². The number of nitrogens with one attached hydrogen (secondary N) is 2. The molecule has 1 fully saturated rings. The van der Waals surface area contributed by atoms with Crippen molar-refractivity contribution in [1.82, 2.24) is 19.8 Å². The number of esters is 1. The van der Waals surface area contributed by atoms with Gasteiger partial charge in [-0.05, 0) is 43.7 Å². The molecule has 1 aliphatic heterocycles. The molecule has 1 aromatic heterocycles. The van der Waals surface area contributed by atoms with Crippen LogP contribution < -0.4 is 15.4 Å². The normalized spacial score (nSPS) is 14.1. The van der Waals surface area contributed by atoms with Crippen molar-refractivity contribution in [1.29, 1.82) is 0 Å². The van der Waals surface area contributed by atoms with Gasteiger partial charge in [0.05, 0.1) is 36.0 Å². The van der Waals surface area contributed by atoms with Crippen LogP contribution in [0.5, 0.6) is 5.75 Å². The van der Waals surface area contributed by atoms with Crippen molar-refractivity contribution in [3.63, 3.8) is 0 Å². The second-order valence-electron chi connectivity index (χ2n) is 9.16. The highest BCUT2D eigenvalue weighted by Crippen LogP contribution is 2.34. The van der Waals surface area contributed by atoms with Crippen molar-refractivity contribution in [2.24, 2.45) is 0 Å². The SMILES string of the molecule is C=CC(=O)Nc1cc2c(Nc3ccc(F)c(Cl)c3)ncnc2cc1OCCCN1CCN(CC(=O)OCC)CC1. The van der Waals surface area contributed by atoms with Gasteiger partial charge >= 0.3 is 5.97 Å². The largest absolute Gasteiger partial charge is 0.491 e. The number of carbonyl (C=O) groups is 2. The van der Waals surface area contributed by atoms with Crippen LogP contribution in [0.3, 0.4) is 0 Å². The average molecular weight is 571 g/mol. The van der Waals surface area contributed by atoms with Crippen molar-refractivity contribution in [2.45, 2.75) is 13.3 Å². The molecule has 0 saturated carbocycles. The Hall–Kier alpha value is -3.80. The quantitative estimate of drug-likeness (QED) is 0.188. The number of hydrogen-bond donors (Lipinski definition) is 2. The van der Waals surface area contributed by atoms with E-state index in [4.69, 9.17) is 21.1 Å². The second-order valence-corrected chi connectivity index (χ2v) is 9.57. The van der Waals surface area contributed by atoms with E-state index < -0.39 is 5.82 Å². The van der Waals surface area contributed by atoms with Crippen LogP contribution in [-0.2, 0) is 14.3 Å². The number of ether oxygens (including phenoxy) is 2. The molecule has 3 aromatic rings. The maximum absolute atomic E-state index is 13.6. The third-order valence-corrected chi connectivity index (χ3v) is 6.65. The predicted octanol–water partition coefficient (Wildman–Crippen LogP) is 4.24. The summed E-state index contributed by atoms with van der Waals surface area (Å²) in [5.74, 6) is -0.173. The van der Waals surface area contributed by atoms with Crippen molar-refractivity contribution in [2.75, 3.05) is 63.1 Å². The van der Waals surface area contributed by atoms with Crippen LogP contribution in [0.25, 0.3) is 10.9 Å². The predicted molar refractivity (Wildman–Crippen MR) is 153 cm³/mol. The molecule has 0 radical (unpaired) electrons. The second kappa shape index (κ2) is 14.0. The summed E-state index contributed by atoms with van der Waals surface area (Å²) in [4.78, 5) is 37.0. The number of benzene rings is 2. The lowest BCUT2D eigenvalue weighted by Gasteiger charge is -2.34. The molecule has 0 bridgehead atoms. The van der Waals surface area contributed by atoms with Crippen LogP contribution in [0.2, 0.25) is 5.02 Å².